The molecule has 2 aromatic carbocycles. The number of carbonyl (C=O) groups excluding carboxylic acids is 4. The van der Waals surface area contributed by atoms with Crippen LogP contribution in [0.3, 0.4) is 0 Å². The maximum atomic E-state index is 12.6. The molecule has 0 atom stereocenters. The minimum absolute atomic E-state index is 0.0341. The summed E-state index contributed by atoms with van der Waals surface area (Å²) in [6.07, 6.45) is -0.518. The van der Waals surface area contributed by atoms with Crippen molar-refractivity contribution >= 4 is 23.9 Å². The number of ether oxygens (including phenoxy) is 4. The van der Waals surface area contributed by atoms with Crippen LogP contribution in [0.15, 0.2) is 54.6 Å². The number of aromatic hydroxyl groups is 2. The smallest absolute Gasteiger partial charge is 0.338 e. The van der Waals surface area contributed by atoms with Gasteiger partial charge < -0.3 is 29.2 Å². The summed E-state index contributed by atoms with van der Waals surface area (Å²) in [6, 6.07) is 6.05. The number of carbonyl (C=O) groups is 4. The molecule has 10 nitrogen and oxygen atoms in total. The normalized spacial score (nSPS) is 10.1. The number of para-hydroxylation sites is 1. The van der Waals surface area contributed by atoms with Gasteiger partial charge in [-0.1, -0.05) is 19.2 Å². The van der Waals surface area contributed by atoms with Crippen molar-refractivity contribution < 1.29 is 48.3 Å². The minimum atomic E-state index is -0.921. The number of hydrogen-bond acceptors (Lipinski definition) is 10. The third-order valence-electron chi connectivity index (χ3n) is 4.02. The van der Waals surface area contributed by atoms with E-state index in [0.29, 0.717) is 0 Å². The molecule has 0 spiro atoms. The monoisotopic (exact) mass is 470 g/mol. The van der Waals surface area contributed by atoms with Crippen molar-refractivity contribution in [1.29, 1.82) is 0 Å². The lowest BCUT2D eigenvalue weighted by molar-refractivity contribution is -0.134. The van der Waals surface area contributed by atoms with Crippen LogP contribution in [0, 0.1) is 0 Å². The summed E-state index contributed by atoms with van der Waals surface area (Å²) in [5.74, 6) is -5.42. The molecule has 0 aliphatic carbocycles. The number of hydrogen-bond donors (Lipinski definition) is 2. The fourth-order valence-corrected chi connectivity index (χ4v) is 2.42. The summed E-state index contributed by atoms with van der Waals surface area (Å²) < 4.78 is 20.2. The van der Waals surface area contributed by atoms with E-state index in [9.17, 15) is 29.4 Å². The van der Waals surface area contributed by atoms with E-state index in [4.69, 9.17) is 18.9 Å². The highest BCUT2D eigenvalue weighted by molar-refractivity contribution is 5.90. The zero-order valence-electron chi connectivity index (χ0n) is 18.7. The number of phenols is 2. The number of phenolic OH excluding ortho intramolecular Hbond substituents is 2. The fourth-order valence-electron chi connectivity index (χ4n) is 2.42. The molecule has 0 aliphatic rings. The average molecular weight is 470 g/mol. The van der Waals surface area contributed by atoms with Gasteiger partial charge in [-0.25, -0.2) is 9.59 Å². The zero-order valence-corrected chi connectivity index (χ0v) is 18.7. The first kappa shape index (κ1) is 25.7. The molecule has 34 heavy (non-hydrogen) atoms. The van der Waals surface area contributed by atoms with Crippen LogP contribution in [0.1, 0.15) is 26.3 Å². The van der Waals surface area contributed by atoms with Gasteiger partial charge in [0, 0.05) is 29.7 Å². The molecule has 0 aliphatic heterocycles. The molecular formula is C24H22O10. The lowest BCUT2D eigenvalue weighted by Gasteiger charge is -2.14. The Morgan fingerprint density at radius 3 is 1.82 bits per heavy atom. The van der Waals surface area contributed by atoms with E-state index in [-0.39, 0.29) is 39.7 Å². The molecule has 178 valence electrons. The third-order valence-corrected chi connectivity index (χ3v) is 4.02. The highest BCUT2D eigenvalue weighted by atomic mass is 16.6. The Hall–Kier alpha value is -4.60. The Bertz CT molecular complexity index is 1190. The summed E-state index contributed by atoms with van der Waals surface area (Å²) in [5.41, 5.74) is 0.189. The molecule has 2 rings (SSSR count). The van der Waals surface area contributed by atoms with Gasteiger partial charge in [0.25, 0.3) is 0 Å². The van der Waals surface area contributed by atoms with Crippen molar-refractivity contribution in [3.8, 4) is 34.5 Å². The lowest BCUT2D eigenvalue weighted by atomic mass is 10.1. The molecule has 0 unspecified atom stereocenters. The molecule has 10 heteroatoms. The lowest BCUT2D eigenvalue weighted by Crippen LogP contribution is -2.15. The summed E-state index contributed by atoms with van der Waals surface area (Å²) in [6.45, 7) is 10.8. The van der Waals surface area contributed by atoms with Gasteiger partial charge >= 0.3 is 23.9 Å². The van der Waals surface area contributed by atoms with E-state index < -0.39 is 41.8 Å². The molecule has 0 heterocycles. The van der Waals surface area contributed by atoms with Gasteiger partial charge in [0.2, 0.25) is 5.75 Å². The molecule has 0 amide bonds. The maximum Gasteiger partial charge on any atom is 0.338 e. The van der Waals surface area contributed by atoms with Crippen molar-refractivity contribution in [2.75, 3.05) is 0 Å². The fraction of sp³-hybridized carbons (Fsp3) is 0.167. The predicted molar refractivity (Wildman–Crippen MR) is 118 cm³/mol. The van der Waals surface area contributed by atoms with E-state index in [1.54, 1.807) is 0 Å². The van der Waals surface area contributed by atoms with E-state index in [2.05, 4.69) is 13.2 Å². The molecule has 0 radical (unpaired) electrons. The first-order valence-corrected chi connectivity index (χ1v) is 9.71. The van der Waals surface area contributed by atoms with Crippen LogP contribution in [-0.4, -0.2) is 34.1 Å². The molecule has 0 saturated carbocycles. The second kappa shape index (κ2) is 10.8. The first-order chi connectivity index (χ1) is 15.9. The summed E-state index contributed by atoms with van der Waals surface area (Å²) in [5, 5.41) is 20.4. The van der Waals surface area contributed by atoms with Crippen LogP contribution >= 0.6 is 0 Å². The van der Waals surface area contributed by atoms with Crippen LogP contribution in [-0.2, 0) is 25.6 Å². The highest BCUT2D eigenvalue weighted by Gasteiger charge is 2.21. The van der Waals surface area contributed by atoms with Crippen molar-refractivity contribution in [3.05, 3.63) is 60.2 Å². The van der Waals surface area contributed by atoms with Crippen molar-refractivity contribution in [2.45, 2.75) is 27.2 Å². The molecule has 2 aromatic rings. The second-order valence-corrected chi connectivity index (χ2v) is 7.11. The second-order valence-electron chi connectivity index (χ2n) is 7.11. The number of esters is 4. The molecule has 0 fully saturated rings. The summed E-state index contributed by atoms with van der Waals surface area (Å²) in [4.78, 5) is 47.5. The third kappa shape index (κ3) is 6.70. The van der Waals surface area contributed by atoms with Crippen LogP contribution < -0.4 is 18.9 Å². The van der Waals surface area contributed by atoms with Crippen LogP contribution in [0.5, 0.6) is 34.5 Å². The van der Waals surface area contributed by atoms with Gasteiger partial charge in [0.05, 0.1) is 6.42 Å². The SMILES string of the molecule is C=C(C)C(=O)Oc1cc(CC(=O)Oc2cccc(OC(=O)C(=C)C)c2O)c(OC(C)=O)cc1O. The van der Waals surface area contributed by atoms with Crippen molar-refractivity contribution in [2.24, 2.45) is 0 Å². The van der Waals surface area contributed by atoms with Crippen LogP contribution in [0.25, 0.3) is 0 Å². The topological polar surface area (TPSA) is 146 Å². The quantitative estimate of drug-likeness (QED) is 0.335. The molecule has 0 bridgehead atoms. The molecule has 2 N–H and O–H groups in total. The van der Waals surface area contributed by atoms with Crippen molar-refractivity contribution in [3.63, 3.8) is 0 Å². The van der Waals surface area contributed by atoms with Gasteiger partial charge in [-0.05, 0) is 32.0 Å². The first-order valence-electron chi connectivity index (χ1n) is 9.71. The average Bonchev–Trinajstić information content (AvgIpc) is 2.73. The Morgan fingerprint density at radius 1 is 0.765 bits per heavy atom. The summed E-state index contributed by atoms with van der Waals surface area (Å²) in [7, 11) is 0. The molecule has 0 saturated heterocycles. The van der Waals surface area contributed by atoms with Gasteiger partial charge in [-0.2, -0.15) is 0 Å². The summed E-state index contributed by atoms with van der Waals surface area (Å²) >= 11 is 0. The standard InChI is InChI=1S/C24H22O10/c1-12(2)23(29)33-18-8-6-7-17(22(18)28)32-21(27)10-15-9-20(34-24(30)13(3)4)16(26)11-19(15)31-14(5)25/h6-9,11,26,28H,1,3,10H2,2,4-5H3. The van der Waals surface area contributed by atoms with Gasteiger partial charge in [0.15, 0.2) is 23.0 Å². The van der Waals surface area contributed by atoms with Gasteiger partial charge in [-0.15, -0.1) is 0 Å². The molecule has 0 aromatic heterocycles. The zero-order chi connectivity index (χ0) is 25.6. The Balaban J connectivity index is 2.31. The van der Waals surface area contributed by atoms with E-state index in [1.807, 2.05) is 0 Å². The Kier molecular flexibility index (Phi) is 8.16. The highest BCUT2D eigenvalue weighted by Crippen LogP contribution is 2.38. The van der Waals surface area contributed by atoms with Gasteiger partial charge in [0.1, 0.15) is 5.75 Å². The Morgan fingerprint density at radius 2 is 1.29 bits per heavy atom. The number of rotatable bonds is 8. The predicted octanol–water partition coefficient (Wildman–Crippen LogP) is 3.13. The maximum absolute atomic E-state index is 12.6. The van der Waals surface area contributed by atoms with E-state index in [1.165, 1.54) is 32.0 Å². The van der Waals surface area contributed by atoms with E-state index in [0.717, 1.165) is 19.1 Å². The van der Waals surface area contributed by atoms with E-state index >= 15 is 0 Å². The van der Waals surface area contributed by atoms with Crippen molar-refractivity contribution in [1.82, 2.24) is 0 Å². The van der Waals surface area contributed by atoms with Crippen LogP contribution in [0.2, 0.25) is 0 Å². The Labute approximate surface area is 194 Å². The molecular weight excluding hydrogens is 448 g/mol. The van der Waals surface area contributed by atoms with Crippen LogP contribution in [0.4, 0.5) is 0 Å². The minimum Gasteiger partial charge on any atom is -0.504 e. The largest absolute Gasteiger partial charge is 0.504 e. The number of benzene rings is 2. The van der Waals surface area contributed by atoms with Gasteiger partial charge in [-0.3, -0.25) is 9.59 Å².